The van der Waals surface area contributed by atoms with Gasteiger partial charge in [-0.15, -0.1) is 0 Å². The molecule has 0 saturated carbocycles. The molecule has 3 rings (SSSR count). The molecule has 3 aromatic carbocycles. The molecule has 2 N–H and O–H groups in total. The van der Waals surface area contributed by atoms with E-state index in [4.69, 9.17) is 10.5 Å². The van der Waals surface area contributed by atoms with E-state index in [9.17, 15) is 0 Å². The van der Waals surface area contributed by atoms with Crippen molar-refractivity contribution in [1.29, 1.82) is 0 Å². The van der Waals surface area contributed by atoms with Crippen molar-refractivity contribution in [2.75, 3.05) is 5.73 Å². The lowest BCUT2D eigenvalue weighted by molar-refractivity contribution is 0.309. The zero-order valence-electron chi connectivity index (χ0n) is 11.5. The Hall–Kier alpha value is -2.48. The van der Waals surface area contributed by atoms with Crippen LogP contribution in [0, 0.1) is 6.92 Å². The van der Waals surface area contributed by atoms with Gasteiger partial charge >= 0.3 is 0 Å². The molecular formula is C18H17NO. The number of anilines is 1. The molecule has 0 aliphatic carbocycles. The minimum Gasteiger partial charge on any atom is -0.487 e. The number of aryl methyl sites for hydroxylation is 1. The van der Waals surface area contributed by atoms with Crippen molar-refractivity contribution in [2.45, 2.75) is 13.5 Å². The minimum absolute atomic E-state index is 0.523. The summed E-state index contributed by atoms with van der Waals surface area (Å²) < 4.78 is 5.89. The van der Waals surface area contributed by atoms with Gasteiger partial charge in [0, 0.05) is 0 Å². The van der Waals surface area contributed by atoms with Crippen molar-refractivity contribution >= 4 is 16.5 Å². The van der Waals surface area contributed by atoms with E-state index in [1.807, 2.05) is 37.3 Å². The van der Waals surface area contributed by atoms with E-state index in [1.165, 1.54) is 16.3 Å². The first-order chi connectivity index (χ1) is 9.74. The molecule has 0 spiro atoms. The molecular weight excluding hydrogens is 246 g/mol. The third-order valence-electron chi connectivity index (χ3n) is 3.43. The highest BCUT2D eigenvalue weighted by molar-refractivity contribution is 5.85. The van der Waals surface area contributed by atoms with Crippen LogP contribution in [-0.4, -0.2) is 0 Å². The van der Waals surface area contributed by atoms with Crippen LogP contribution in [0.25, 0.3) is 10.8 Å². The average molecular weight is 263 g/mol. The van der Waals surface area contributed by atoms with Crippen LogP contribution in [0.1, 0.15) is 11.1 Å². The minimum atomic E-state index is 0.523. The van der Waals surface area contributed by atoms with Crippen molar-refractivity contribution in [2.24, 2.45) is 0 Å². The van der Waals surface area contributed by atoms with Crippen LogP contribution in [0.2, 0.25) is 0 Å². The van der Waals surface area contributed by atoms with Gasteiger partial charge in [-0.1, -0.05) is 48.5 Å². The highest BCUT2D eigenvalue weighted by atomic mass is 16.5. The fourth-order valence-electron chi connectivity index (χ4n) is 2.34. The lowest BCUT2D eigenvalue weighted by atomic mass is 10.1. The molecule has 0 radical (unpaired) electrons. The maximum absolute atomic E-state index is 5.94. The number of nitrogens with two attached hydrogens (primary N) is 1. The van der Waals surface area contributed by atoms with E-state index in [2.05, 4.69) is 30.3 Å². The van der Waals surface area contributed by atoms with Crippen molar-refractivity contribution in [1.82, 2.24) is 0 Å². The molecule has 0 aliphatic heterocycles. The lowest BCUT2D eigenvalue weighted by Gasteiger charge is -2.11. The summed E-state index contributed by atoms with van der Waals surface area (Å²) >= 11 is 0. The van der Waals surface area contributed by atoms with Crippen LogP contribution < -0.4 is 10.5 Å². The Morgan fingerprint density at radius 3 is 2.65 bits per heavy atom. The predicted octanol–water partition coefficient (Wildman–Crippen LogP) is 4.31. The summed E-state index contributed by atoms with van der Waals surface area (Å²) in [7, 11) is 0. The lowest BCUT2D eigenvalue weighted by Crippen LogP contribution is -1.99. The number of hydrogen-bond donors (Lipinski definition) is 1. The van der Waals surface area contributed by atoms with Crippen molar-refractivity contribution in [3.05, 3.63) is 71.8 Å². The van der Waals surface area contributed by atoms with Gasteiger partial charge in [-0.25, -0.2) is 0 Å². The molecule has 0 bridgehead atoms. The molecule has 0 aromatic heterocycles. The first-order valence-electron chi connectivity index (χ1n) is 6.69. The SMILES string of the molecule is Cc1ccc(N)c(OCc2cccc3ccccc23)c1. The summed E-state index contributed by atoms with van der Waals surface area (Å²) in [6.07, 6.45) is 0. The smallest absolute Gasteiger partial charge is 0.142 e. The molecule has 3 aromatic rings. The molecule has 0 fully saturated rings. The normalized spacial score (nSPS) is 10.7. The Morgan fingerprint density at radius 1 is 0.950 bits per heavy atom. The molecule has 0 unspecified atom stereocenters. The monoisotopic (exact) mass is 263 g/mol. The fourth-order valence-corrected chi connectivity index (χ4v) is 2.34. The summed E-state index contributed by atoms with van der Waals surface area (Å²) in [6, 6.07) is 20.4. The largest absolute Gasteiger partial charge is 0.487 e. The van der Waals surface area contributed by atoms with Crippen LogP contribution in [0.3, 0.4) is 0 Å². The van der Waals surface area contributed by atoms with Crippen LogP contribution in [0.5, 0.6) is 5.75 Å². The zero-order chi connectivity index (χ0) is 13.9. The molecule has 0 heterocycles. The van der Waals surface area contributed by atoms with Gasteiger partial charge in [0.25, 0.3) is 0 Å². The Labute approximate surface area is 118 Å². The zero-order valence-corrected chi connectivity index (χ0v) is 11.5. The van der Waals surface area contributed by atoms with Gasteiger partial charge < -0.3 is 10.5 Å². The quantitative estimate of drug-likeness (QED) is 0.715. The van der Waals surface area contributed by atoms with Crippen LogP contribution in [0.4, 0.5) is 5.69 Å². The summed E-state index contributed by atoms with van der Waals surface area (Å²) in [5, 5.41) is 2.45. The molecule has 100 valence electrons. The Bertz CT molecular complexity index is 744. The topological polar surface area (TPSA) is 35.2 Å². The number of ether oxygens (including phenoxy) is 1. The van der Waals surface area contributed by atoms with E-state index in [0.717, 1.165) is 11.3 Å². The highest BCUT2D eigenvalue weighted by Crippen LogP contribution is 2.25. The summed E-state index contributed by atoms with van der Waals surface area (Å²) in [6.45, 7) is 2.55. The molecule has 0 saturated heterocycles. The Morgan fingerprint density at radius 2 is 1.75 bits per heavy atom. The van der Waals surface area contributed by atoms with E-state index >= 15 is 0 Å². The molecule has 0 amide bonds. The number of benzene rings is 3. The van der Waals surface area contributed by atoms with Gasteiger partial charge in [0.15, 0.2) is 0 Å². The van der Waals surface area contributed by atoms with Gasteiger partial charge in [-0.3, -0.25) is 0 Å². The highest BCUT2D eigenvalue weighted by Gasteiger charge is 2.04. The van der Waals surface area contributed by atoms with Crippen LogP contribution in [0.15, 0.2) is 60.7 Å². The molecule has 2 nitrogen and oxygen atoms in total. The predicted molar refractivity (Wildman–Crippen MR) is 83.9 cm³/mol. The summed E-state index contributed by atoms with van der Waals surface area (Å²) in [5.41, 5.74) is 8.93. The summed E-state index contributed by atoms with van der Waals surface area (Å²) in [4.78, 5) is 0. The maximum atomic E-state index is 5.94. The van der Waals surface area contributed by atoms with Crippen molar-refractivity contribution in [3.63, 3.8) is 0 Å². The van der Waals surface area contributed by atoms with Gasteiger partial charge in [0.05, 0.1) is 5.69 Å². The third kappa shape index (κ3) is 2.45. The van der Waals surface area contributed by atoms with Crippen molar-refractivity contribution in [3.8, 4) is 5.75 Å². The van der Waals surface area contributed by atoms with Gasteiger partial charge in [0.2, 0.25) is 0 Å². The second-order valence-electron chi connectivity index (χ2n) is 4.97. The number of nitrogen functional groups attached to an aromatic ring is 1. The van der Waals surface area contributed by atoms with Gasteiger partial charge in [-0.05, 0) is 41.0 Å². The van der Waals surface area contributed by atoms with E-state index in [1.54, 1.807) is 0 Å². The molecule has 2 heteroatoms. The Balaban J connectivity index is 1.89. The second kappa shape index (κ2) is 5.25. The number of fused-ring (bicyclic) bond motifs is 1. The van der Waals surface area contributed by atoms with Crippen LogP contribution in [-0.2, 0) is 6.61 Å². The van der Waals surface area contributed by atoms with Gasteiger partial charge in [0.1, 0.15) is 12.4 Å². The average Bonchev–Trinajstić information content (AvgIpc) is 2.48. The van der Waals surface area contributed by atoms with E-state index in [-0.39, 0.29) is 0 Å². The Kier molecular flexibility index (Phi) is 3.30. The standard InChI is InChI=1S/C18H17NO/c1-13-9-10-17(19)18(11-13)20-12-15-7-4-6-14-5-2-3-8-16(14)15/h2-11H,12,19H2,1H3. The second-order valence-corrected chi connectivity index (χ2v) is 4.97. The first-order valence-corrected chi connectivity index (χ1v) is 6.69. The van der Waals surface area contributed by atoms with Gasteiger partial charge in [-0.2, -0.15) is 0 Å². The third-order valence-corrected chi connectivity index (χ3v) is 3.43. The number of rotatable bonds is 3. The first kappa shape index (κ1) is 12.5. The molecule has 20 heavy (non-hydrogen) atoms. The maximum Gasteiger partial charge on any atom is 0.142 e. The van der Waals surface area contributed by atoms with E-state index < -0.39 is 0 Å². The molecule has 0 atom stereocenters. The summed E-state index contributed by atoms with van der Waals surface area (Å²) in [5.74, 6) is 0.748. The molecule has 0 aliphatic rings. The van der Waals surface area contributed by atoms with Crippen LogP contribution >= 0.6 is 0 Å². The fraction of sp³-hybridized carbons (Fsp3) is 0.111. The van der Waals surface area contributed by atoms with Crippen molar-refractivity contribution < 1.29 is 4.74 Å². The number of hydrogen-bond acceptors (Lipinski definition) is 2. The van der Waals surface area contributed by atoms with E-state index in [0.29, 0.717) is 12.3 Å².